The normalized spacial score (nSPS) is 32.5. The van der Waals surface area contributed by atoms with Gasteiger partial charge in [0.1, 0.15) is 12.4 Å². The van der Waals surface area contributed by atoms with Crippen molar-refractivity contribution in [2.75, 3.05) is 0 Å². The molecular formula is C25H21BrN2O3. The maximum Gasteiger partial charge on any atom is 0.254 e. The molecule has 7 rings (SSSR count). The van der Waals surface area contributed by atoms with Crippen LogP contribution in [0.4, 0.5) is 0 Å². The predicted octanol–water partition coefficient (Wildman–Crippen LogP) is 4.42. The maximum absolute atomic E-state index is 13.1. The quantitative estimate of drug-likeness (QED) is 0.364. The van der Waals surface area contributed by atoms with Crippen molar-refractivity contribution < 1.29 is 14.3 Å². The van der Waals surface area contributed by atoms with Crippen LogP contribution in [0.1, 0.15) is 17.5 Å². The molecule has 0 spiro atoms. The van der Waals surface area contributed by atoms with E-state index in [9.17, 15) is 9.59 Å². The summed E-state index contributed by atoms with van der Waals surface area (Å²) < 4.78 is 7.00. The molecule has 5 nitrogen and oxygen atoms in total. The van der Waals surface area contributed by atoms with Crippen molar-refractivity contribution in [1.82, 2.24) is 5.01 Å². The minimum absolute atomic E-state index is 0.149. The van der Waals surface area contributed by atoms with Crippen molar-refractivity contribution in [3.63, 3.8) is 0 Å². The van der Waals surface area contributed by atoms with E-state index >= 15 is 0 Å². The fraction of sp³-hybridized carbons (Fsp3) is 0.320. The Labute approximate surface area is 188 Å². The molecule has 0 N–H and O–H groups in total. The molecule has 31 heavy (non-hydrogen) atoms. The Balaban J connectivity index is 1.21. The molecule has 0 unspecified atom stereocenters. The van der Waals surface area contributed by atoms with Gasteiger partial charge in [0.25, 0.3) is 11.8 Å². The number of hydrazone groups is 1. The summed E-state index contributed by atoms with van der Waals surface area (Å²) in [5, 5.41) is 5.45. The lowest BCUT2D eigenvalue weighted by Gasteiger charge is -2.37. The zero-order chi connectivity index (χ0) is 21.1. The smallest absolute Gasteiger partial charge is 0.254 e. The molecule has 1 aliphatic heterocycles. The number of halogens is 1. The van der Waals surface area contributed by atoms with Crippen LogP contribution in [0.2, 0.25) is 0 Å². The molecule has 4 aliphatic carbocycles. The van der Waals surface area contributed by atoms with Crippen LogP contribution < -0.4 is 4.74 Å². The molecule has 3 fully saturated rings. The minimum atomic E-state index is -0.229. The van der Waals surface area contributed by atoms with E-state index in [0.29, 0.717) is 24.2 Å². The molecule has 6 atom stereocenters. The lowest BCUT2D eigenvalue weighted by atomic mass is 9.63. The van der Waals surface area contributed by atoms with Crippen LogP contribution >= 0.6 is 15.9 Å². The second kappa shape index (κ2) is 7.16. The zero-order valence-electron chi connectivity index (χ0n) is 16.7. The first-order valence-electron chi connectivity index (χ1n) is 10.7. The molecule has 2 aromatic carbocycles. The van der Waals surface area contributed by atoms with E-state index in [4.69, 9.17) is 4.74 Å². The Morgan fingerprint density at radius 2 is 1.61 bits per heavy atom. The Morgan fingerprint density at radius 3 is 2.29 bits per heavy atom. The first-order chi connectivity index (χ1) is 15.1. The predicted molar refractivity (Wildman–Crippen MR) is 119 cm³/mol. The summed E-state index contributed by atoms with van der Waals surface area (Å²) in [5.41, 5.74) is 1.78. The van der Waals surface area contributed by atoms with E-state index in [1.807, 2.05) is 48.5 Å². The number of benzene rings is 2. The number of hydrogen-bond acceptors (Lipinski definition) is 4. The number of carbonyl (C=O) groups is 2. The highest BCUT2D eigenvalue weighted by Gasteiger charge is 2.67. The summed E-state index contributed by atoms with van der Waals surface area (Å²) in [6.45, 7) is 0.418. The Morgan fingerprint density at radius 1 is 0.968 bits per heavy atom. The molecule has 0 radical (unpaired) electrons. The topological polar surface area (TPSA) is 59.0 Å². The van der Waals surface area contributed by atoms with Gasteiger partial charge in [0.05, 0.1) is 18.1 Å². The number of imide groups is 1. The van der Waals surface area contributed by atoms with Gasteiger partial charge in [-0.25, -0.2) is 0 Å². The maximum atomic E-state index is 13.1. The Bertz CT molecular complexity index is 1090. The number of hydrogen-bond donors (Lipinski definition) is 0. The summed E-state index contributed by atoms with van der Waals surface area (Å²) in [7, 11) is 0. The van der Waals surface area contributed by atoms with E-state index in [-0.39, 0.29) is 35.5 Å². The van der Waals surface area contributed by atoms with Gasteiger partial charge in [0.15, 0.2) is 0 Å². The molecule has 2 amide bonds. The molecule has 5 aliphatic rings. The molecule has 0 aromatic heterocycles. The average Bonchev–Trinajstić information content (AvgIpc) is 3.57. The van der Waals surface area contributed by atoms with Gasteiger partial charge in [-0.3, -0.25) is 9.59 Å². The number of rotatable bonds is 5. The summed E-state index contributed by atoms with van der Waals surface area (Å²) >= 11 is 3.43. The van der Waals surface area contributed by atoms with Crippen molar-refractivity contribution in [1.29, 1.82) is 0 Å². The van der Waals surface area contributed by atoms with E-state index in [1.54, 1.807) is 6.21 Å². The lowest BCUT2D eigenvalue weighted by Crippen LogP contribution is -2.40. The van der Waals surface area contributed by atoms with Gasteiger partial charge in [-0.05, 0) is 59.9 Å². The van der Waals surface area contributed by atoms with Crippen LogP contribution in [-0.2, 0) is 16.2 Å². The molecule has 156 valence electrons. The number of allylic oxidation sites excluding steroid dienone is 2. The monoisotopic (exact) mass is 476 g/mol. The van der Waals surface area contributed by atoms with Gasteiger partial charge < -0.3 is 4.74 Å². The third-order valence-corrected chi connectivity index (χ3v) is 7.71. The van der Waals surface area contributed by atoms with E-state index < -0.39 is 0 Å². The van der Waals surface area contributed by atoms with Crippen LogP contribution in [0.15, 0.2) is 70.3 Å². The van der Waals surface area contributed by atoms with Crippen LogP contribution in [-0.4, -0.2) is 23.0 Å². The van der Waals surface area contributed by atoms with Gasteiger partial charge in [-0.1, -0.05) is 52.3 Å². The van der Waals surface area contributed by atoms with Crippen LogP contribution in [0.3, 0.4) is 0 Å². The average molecular weight is 477 g/mol. The molecule has 2 bridgehead atoms. The first-order valence-corrected chi connectivity index (χ1v) is 11.5. The lowest BCUT2D eigenvalue weighted by molar-refractivity contribution is -0.140. The minimum Gasteiger partial charge on any atom is -0.488 e. The van der Waals surface area contributed by atoms with E-state index in [0.717, 1.165) is 27.0 Å². The van der Waals surface area contributed by atoms with Crippen molar-refractivity contribution in [2.45, 2.75) is 13.0 Å². The van der Waals surface area contributed by atoms with Crippen molar-refractivity contribution in [3.8, 4) is 5.75 Å². The summed E-state index contributed by atoms with van der Waals surface area (Å²) in [6, 6.07) is 15.5. The highest BCUT2D eigenvalue weighted by molar-refractivity contribution is 9.10. The fourth-order valence-corrected chi connectivity index (χ4v) is 5.90. The zero-order valence-corrected chi connectivity index (χ0v) is 18.3. The molecule has 6 heteroatoms. The standard InChI is InChI=1S/C25H21BrN2O3/c26-16-7-5-14(6-8-16)13-31-21-4-2-1-3-15(21)12-27-28-24(29)22-17-9-10-18(20-11-19(17)20)23(22)25(28)30/h1-10,12,17-20,22-23H,11,13H2/b27-12-/t17-,18-,19-,20-,22+,23+/m0/s1. The van der Waals surface area contributed by atoms with Crippen LogP contribution in [0, 0.1) is 35.5 Å². The Kier molecular flexibility index (Phi) is 4.39. The van der Waals surface area contributed by atoms with Crippen LogP contribution in [0.25, 0.3) is 0 Å². The first kappa shape index (κ1) is 19.0. The van der Waals surface area contributed by atoms with Crippen LogP contribution in [0.5, 0.6) is 5.75 Å². The molecule has 2 aromatic rings. The summed E-state index contributed by atoms with van der Waals surface area (Å²) in [6.07, 6.45) is 7.07. The van der Waals surface area contributed by atoms with Crippen molar-refractivity contribution >= 4 is 34.0 Å². The number of nitrogens with zero attached hydrogens (tertiary/aromatic N) is 2. The number of para-hydroxylation sites is 1. The second-order valence-corrected chi connectivity index (χ2v) is 9.76. The second-order valence-electron chi connectivity index (χ2n) is 8.84. The molecular weight excluding hydrogens is 456 g/mol. The Hall–Kier alpha value is -2.73. The van der Waals surface area contributed by atoms with Gasteiger partial charge >= 0.3 is 0 Å². The molecule has 1 heterocycles. The molecule has 1 saturated heterocycles. The van der Waals surface area contributed by atoms with Gasteiger partial charge in [-0.2, -0.15) is 10.1 Å². The highest BCUT2D eigenvalue weighted by Crippen LogP contribution is 2.65. The number of carbonyl (C=O) groups excluding carboxylic acids is 2. The summed E-state index contributed by atoms with van der Waals surface area (Å²) in [5.74, 6) is 1.49. The van der Waals surface area contributed by atoms with Gasteiger partial charge in [-0.15, -0.1) is 0 Å². The SMILES string of the molecule is O=C1[C@@H]2[C@H]3C=C[C@@H]([C@@H]4C[C@@H]34)[C@H]2C(=O)N1/N=C\c1ccccc1OCc1ccc(Br)cc1. The fourth-order valence-electron chi connectivity index (χ4n) is 5.64. The van der Waals surface area contributed by atoms with Gasteiger partial charge in [0, 0.05) is 10.0 Å². The van der Waals surface area contributed by atoms with E-state index in [1.165, 1.54) is 0 Å². The number of amides is 2. The third kappa shape index (κ3) is 3.07. The molecule has 2 saturated carbocycles. The summed E-state index contributed by atoms with van der Waals surface area (Å²) in [4.78, 5) is 26.1. The largest absolute Gasteiger partial charge is 0.488 e. The van der Waals surface area contributed by atoms with Gasteiger partial charge in [0.2, 0.25) is 0 Å². The highest BCUT2D eigenvalue weighted by atomic mass is 79.9. The third-order valence-electron chi connectivity index (χ3n) is 7.18. The van der Waals surface area contributed by atoms with Crippen molar-refractivity contribution in [2.24, 2.45) is 40.6 Å². The number of ether oxygens (including phenoxy) is 1. The van der Waals surface area contributed by atoms with Crippen molar-refractivity contribution in [3.05, 3.63) is 76.3 Å². The van der Waals surface area contributed by atoms with E-state index in [2.05, 4.69) is 33.2 Å².